The van der Waals surface area contributed by atoms with Gasteiger partial charge in [0.25, 0.3) is 0 Å². The Morgan fingerprint density at radius 2 is 2.05 bits per heavy atom. The van der Waals surface area contributed by atoms with Gasteiger partial charge in [-0.1, -0.05) is 6.42 Å². The Morgan fingerprint density at radius 1 is 1.29 bits per heavy atom. The zero-order chi connectivity index (χ0) is 15.7. The van der Waals surface area contributed by atoms with Crippen LogP contribution in [0.3, 0.4) is 0 Å². The summed E-state index contributed by atoms with van der Waals surface area (Å²) in [6.07, 6.45) is 7.44. The summed E-state index contributed by atoms with van der Waals surface area (Å²) < 4.78 is 0. The molecule has 0 aliphatic heterocycles. The predicted octanol–water partition coefficient (Wildman–Crippen LogP) is 2.60. The summed E-state index contributed by atoms with van der Waals surface area (Å²) in [6, 6.07) is 0.574. The highest BCUT2D eigenvalue weighted by atomic mass is 32.2. The van der Waals surface area contributed by atoms with Crippen LogP contribution in [0.4, 0.5) is 0 Å². The van der Waals surface area contributed by atoms with Crippen LogP contribution in [0.25, 0.3) is 0 Å². The topological polar surface area (TPSA) is 48.5 Å². The van der Waals surface area contributed by atoms with Gasteiger partial charge in [0.2, 0.25) is 0 Å². The van der Waals surface area contributed by atoms with E-state index in [1.807, 2.05) is 11.8 Å². The smallest absolute Gasteiger partial charge is 0.191 e. The number of rotatable bonds is 6. The number of hydrogen-bond donors (Lipinski definition) is 3. The Hall–Kier alpha value is -0.420. The van der Waals surface area contributed by atoms with Gasteiger partial charge in [-0.2, -0.15) is 11.8 Å². The van der Waals surface area contributed by atoms with Crippen molar-refractivity contribution in [2.45, 2.75) is 70.2 Å². The first-order valence-electron chi connectivity index (χ1n) is 8.27. The van der Waals surface area contributed by atoms with E-state index in [9.17, 15) is 0 Å². The van der Waals surface area contributed by atoms with E-state index in [1.54, 1.807) is 0 Å². The van der Waals surface area contributed by atoms with Gasteiger partial charge in [0.1, 0.15) is 0 Å². The summed E-state index contributed by atoms with van der Waals surface area (Å²) in [5, 5.41) is 11.3. The van der Waals surface area contributed by atoms with Gasteiger partial charge in [-0.05, 0) is 53.2 Å². The molecule has 1 rings (SSSR count). The second kappa shape index (κ2) is 9.57. The van der Waals surface area contributed by atoms with E-state index in [0.29, 0.717) is 6.04 Å². The standard InChI is InChI=1S/C16H34N4S/c1-6-17-15(18-10-11-19-16(2,3)4)20-13-8-7-9-14(12-13)21-5/h13-14,19H,6-12H2,1-5H3,(H2,17,18,20). The Morgan fingerprint density at radius 3 is 2.67 bits per heavy atom. The Balaban J connectivity index is 2.41. The highest BCUT2D eigenvalue weighted by Gasteiger charge is 2.21. The van der Waals surface area contributed by atoms with Crippen molar-refractivity contribution >= 4 is 17.7 Å². The summed E-state index contributed by atoms with van der Waals surface area (Å²) in [5.74, 6) is 0.972. The molecular formula is C16H34N4S. The molecule has 3 N–H and O–H groups in total. The molecule has 0 heterocycles. The molecule has 5 heteroatoms. The van der Waals surface area contributed by atoms with Gasteiger partial charge in [-0.3, -0.25) is 4.99 Å². The van der Waals surface area contributed by atoms with Crippen molar-refractivity contribution in [2.75, 3.05) is 25.9 Å². The summed E-state index contributed by atoms with van der Waals surface area (Å²) in [4.78, 5) is 4.69. The first kappa shape index (κ1) is 18.6. The number of aliphatic imine (C=N–C) groups is 1. The minimum absolute atomic E-state index is 0.163. The quantitative estimate of drug-likeness (QED) is 0.401. The van der Waals surface area contributed by atoms with Gasteiger partial charge in [-0.25, -0.2) is 0 Å². The molecule has 0 aromatic heterocycles. The molecular weight excluding hydrogens is 280 g/mol. The molecule has 1 aliphatic carbocycles. The number of guanidine groups is 1. The SMILES string of the molecule is CCNC(=NCCNC(C)(C)C)NC1CCCC(SC)C1. The molecule has 0 amide bonds. The first-order valence-corrected chi connectivity index (χ1v) is 9.56. The maximum atomic E-state index is 4.69. The van der Waals surface area contributed by atoms with Gasteiger partial charge in [-0.15, -0.1) is 0 Å². The van der Waals surface area contributed by atoms with E-state index in [-0.39, 0.29) is 5.54 Å². The van der Waals surface area contributed by atoms with E-state index in [4.69, 9.17) is 0 Å². The monoisotopic (exact) mass is 314 g/mol. The maximum absolute atomic E-state index is 4.69. The highest BCUT2D eigenvalue weighted by molar-refractivity contribution is 7.99. The fraction of sp³-hybridized carbons (Fsp3) is 0.938. The molecule has 21 heavy (non-hydrogen) atoms. The zero-order valence-electron chi connectivity index (χ0n) is 14.5. The highest BCUT2D eigenvalue weighted by Crippen LogP contribution is 2.26. The van der Waals surface area contributed by atoms with E-state index >= 15 is 0 Å². The second-order valence-corrected chi connectivity index (χ2v) is 7.94. The summed E-state index contributed by atoms with van der Waals surface area (Å²) in [5.41, 5.74) is 0.163. The fourth-order valence-corrected chi connectivity index (χ4v) is 3.43. The van der Waals surface area contributed by atoms with E-state index in [1.165, 1.54) is 25.7 Å². The van der Waals surface area contributed by atoms with Crippen LogP contribution in [0.5, 0.6) is 0 Å². The lowest BCUT2D eigenvalue weighted by Crippen LogP contribution is -2.46. The fourth-order valence-electron chi connectivity index (χ4n) is 2.60. The van der Waals surface area contributed by atoms with E-state index < -0.39 is 0 Å². The Bertz CT molecular complexity index is 312. The molecule has 1 aliphatic rings. The van der Waals surface area contributed by atoms with Crippen molar-refractivity contribution in [2.24, 2.45) is 4.99 Å². The van der Waals surface area contributed by atoms with Gasteiger partial charge in [0, 0.05) is 29.9 Å². The van der Waals surface area contributed by atoms with Crippen LogP contribution >= 0.6 is 11.8 Å². The largest absolute Gasteiger partial charge is 0.357 e. The lowest BCUT2D eigenvalue weighted by molar-refractivity contribution is 0.417. The normalized spacial score (nSPS) is 24.0. The van der Waals surface area contributed by atoms with E-state index in [2.05, 4.69) is 54.9 Å². The molecule has 2 atom stereocenters. The lowest BCUT2D eigenvalue weighted by Gasteiger charge is -2.30. The third kappa shape index (κ3) is 8.57. The lowest BCUT2D eigenvalue weighted by atomic mass is 9.95. The molecule has 0 aromatic carbocycles. The molecule has 1 saturated carbocycles. The molecule has 0 aromatic rings. The molecule has 0 radical (unpaired) electrons. The first-order chi connectivity index (χ1) is 9.94. The Labute approximate surface area is 135 Å². The number of thioether (sulfide) groups is 1. The van der Waals surface area contributed by atoms with Crippen LogP contribution in [0.2, 0.25) is 0 Å². The van der Waals surface area contributed by atoms with Gasteiger partial charge >= 0.3 is 0 Å². The van der Waals surface area contributed by atoms with Gasteiger partial charge < -0.3 is 16.0 Å². The third-order valence-corrected chi connectivity index (χ3v) is 4.78. The predicted molar refractivity (Wildman–Crippen MR) is 96.4 cm³/mol. The average molecular weight is 315 g/mol. The van der Waals surface area contributed by atoms with Crippen LogP contribution in [-0.4, -0.2) is 48.7 Å². The third-order valence-electron chi connectivity index (χ3n) is 3.68. The van der Waals surface area contributed by atoms with Crippen molar-refractivity contribution in [3.8, 4) is 0 Å². The number of nitrogens with zero attached hydrogens (tertiary/aromatic N) is 1. The van der Waals surface area contributed by atoms with Crippen LogP contribution in [-0.2, 0) is 0 Å². The van der Waals surface area contributed by atoms with Crippen LogP contribution in [0, 0.1) is 0 Å². The molecule has 0 saturated heterocycles. The number of hydrogen-bond acceptors (Lipinski definition) is 3. The molecule has 124 valence electrons. The molecule has 2 unspecified atom stereocenters. The molecule has 0 bridgehead atoms. The van der Waals surface area contributed by atoms with E-state index in [0.717, 1.165) is 30.8 Å². The van der Waals surface area contributed by atoms with Crippen molar-refractivity contribution in [1.29, 1.82) is 0 Å². The molecule has 0 spiro atoms. The van der Waals surface area contributed by atoms with Crippen molar-refractivity contribution in [3.05, 3.63) is 0 Å². The minimum atomic E-state index is 0.163. The Kier molecular flexibility index (Phi) is 8.49. The van der Waals surface area contributed by atoms with Crippen molar-refractivity contribution < 1.29 is 0 Å². The van der Waals surface area contributed by atoms with Crippen LogP contribution in [0.1, 0.15) is 53.4 Å². The zero-order valence-corrected chi connectivity index (χ0v) is 15.3. The average Bonchev–Trinajstić information content (AvgIpc) is 2.43. The minimum Gasteiger partial charge on any atom is -0.357 e. The number of nitrogens with one attached hydrogen (secondary N) is 3. The molecule has 4 nitrogen and oxygen atoms in total. The van der Waals surface area contributed by atoms with Gasteiger partial charge in [0.05, 0.1) is 6.54 Å². The van der Waals surface area contributed by atoms with Crippen LogP contribution in [0.15, 0.2) is 4.99 Å². The maximum Gasteiger partial charge on any atom is 0.191 e. The summed E-state index contributed by atoms with van der Waals surface area (Å²) in [6.45, 7) is 11.3. The van der Waals surface area contributed by atoms with Gasteiger partial charge in [0.15, 0.2) is 5.96 Å². The summed E-state index contributed by atoms with van der Waals surface area (Å²) in [7, 11) is 0. The van der Waals surface area contributed by atoms with Crippen LogP contribution < -0.4 is 16.0 Å². The van der Waals surface area contributed by atoms with Crippen molar-refractivity contribution in [1.82, 2.24) is 16.0 Å². The second-order valence-electron chi connectivity index (χ2n) is 6.80. The molecule has 1 fully saturated rings. The van der Waals surface area contributed by atoms with Crippen molar-refractivity contribution in [3.63, 3.8) is 0 Å². The summed E-state index contributed by atoms with van der Waals surface area (Å²) >= 11 is 2.00.